The number of aromatic nitrogens is 2. The van der Waals surface area contributed by atoms with E-state index in [9.17, 15) is 0 Å². The Labute approximate surface area is 281 Å². The molecule has 228 valence electrons. The molecular formula is C46H28N2O. The van der Waals surface area contributed by atoms with E-state index >= 15 is 0 Å². The lowest BCUT2D eigenvalue weighted by Crippen LogP contribution is -1.93. The van der Waals surface area contributed by atoms with Crippen LogP contribution in [0.15, 0.2) is 174 Å². The molecule has 0 N–H and O–H groups in total. The number of para-hydroxylation sites is 3. The van der Waals surface area contributed by atoms with Gasteiger partial charge in [0.2, 0.25) is 0 Å². The smallest absolute Gasteiger partial charge is 0.135 e. The van der Waals surface area contributed by atoms with Crippen molar-refractivity contribution >= 4 is 76.3 Å². The highest BCUT2D eigenvalue weighted by atomic mass is 16.3. The molecule has 49 heavy (non-hydrogen) atoms. The van der Waals surface area contributed by atoms with Gasteiger partial charge in [-0.15, -0.1) is 0 Å². The zero-order chi connectivity index (χ0) is 32.1. The number of hydrogen-bond donors (Lipinski definition) is 0. The second-order valence-corrected chi connectivity index (χ2v) is 13.0. The van der Waals surface area contributed by atoms with Crippen molar-refractivity contribution in [1.29, 1.82) is 0 Å². The molecule has 0 amide bonds. The Balaban J connectivity index is 1.13. The van der Waals surface area contributed by atoms with Crippen molar-refractivity contribution in [3.05, 3.63) is 170 Å². The van der Waals surface area contributed by atoms with E-state index in [2.05, 4.69) is 167 Å². The molecule has 0 aliphatic rings. The van der Waals surface area contributed by atoms with Gasteiger partial charge in [-0.2, -0.15) is 0 Å². The topological polar surface area (TPSA) is 23.0 Å². The Morgan fingerprint density at radius 2 is 0.878 bits per heavy atom. The summed E-state index contributed by atoms with van der Waals surface area (Å²) in [5.74, 6) is 0. The summed E-state index contributed by atoms with van der Waals surface area (Å²) in [6.07, 6.45) is 0. The van der Waals surface area contributed by atoms with Crippen molar-refractivity contribution < 1.29 is 4.42 Å². The minimum absolute atomic E-state index is 0.907. The van der Waals surface area contributed by atoms with Crippen LogP contribution in [0.2, 0.25) is 0 Å². The Morgan fingerprint density at radius 3 is 1.67 bits per heavy atom. The number of nitrogens with zero attached hydrogens (tertiary/aromatic N) is 2. The molecular weight excluding hydrogens is 597 g/mol. The SMILES string of the molecule is c1ccc(-n2c3ccc(-c4ccc5c(c4)c4ccccc4n5-c4ccc5oc6ccccc6c5c4)cc3c3cc4ccccc4cc32)cc1. The van der Waals surface area contributed by atoms with Gasteiger partial charge >= 0.3 is 0 Å². The minimum atomic E-state index is 0.907. The van der Waals surface area contributed by atoms with Crippen LogP contribution < -0.4 is 0 Å². The molecule has 11 aromatic rings. The fraction of sp³-hybridized carbons (Fsp3) is 0. The maximum absolute atomic E-state index is 6.16. The lowest BCUT2D eigenvalue weighted by molar-refractivity contribution is 0.669. The van der Waals surface area contributed by atoms with Gasteiger partial charge in [0.25, 0.3) is 0 Å². The summed E-state index contributed by atoms with van der Waals surface area (Å²) in [7, 11) is 0. The maximum atomic E-state index is 6.16. The summed E-state index contributed by atoms with van der Waals surface area (Å²) in [5.41, 5.74) is 11.3. The molecule has 3 heteroatoms. The lowest BCUT2D eigenvalue weighted by Gasteiger charge is -2.09. The van der Waals surface area contributed by atoms with Crippen molar-refractivity contribution in [2.45, 2.75) is 0 Å². The quantitative estimate of drug-likeness (QED) is 0.192. The molecule has 0 aliphatic heterocycles. The van der Waals surface area contributed by atoms with Gasteiger partial charge in [-0.3, -0.25) is 0 Å². The molecule has 8 aromatic carbocycles. The molecule has 0 spiro atoms. The number of rotatable bonds is 3. The van der Waals surface area contributed by atoms with Gasteiger partial charge < -0.3 is 13.6 Å². The van der Waals surface area contributed by atoms with E-state index in [4.69, 9.17) is 4.42 Å². The number of fused-ring (bicyclic) bond motifs is 10. The van der Waals surface area contributed by atoms with Gasteiger partial charge in [0.1, 0.15) is 11.2 Å². The largest absolute Gasteiger partial charge is 0.456 e. The second kappa shape index (κ2) is 9.96. The van der Waals surface area contributed by atoms with Crippen LogP contribution in [0.3, 0.4) is 0 Å². The van der Waals surface area contributed by atoms with Crippen molar-refractivity contribution in [1.82, 2.24) is 9.13 Å². The molecule has 3 aromatic heterocycles. The molecule has 3 heterocycles. The van der Waals surface area contributed by atoms with E-state index < -0.39 is 0 Å². The highest BCUT2D eigenvalue weighted by molar-refractivity contribution is 6.15. The first-order chi connectivity index (χ1) is 24.3. The van der Waals surface area contributed by atoms with Crippen LogP contribution in [0.4, 0.5) is 0 Å². The molecule has 0 atom stereocenters. The van der Waals surface area contributed by atoms with Crippen molar-refractivity contribution in [2.24, 2.45) is 0 Å². The van der Waals surface area contributed by atoms with E-state index in [1.807, 2.05) is 12.1 Å². The average Bonchev–Trinajstić information content (AvgIpc) is 3.80. The Morgan fingerprint density at radius 1 is 0.306 bits per heavy atom. The molecule has 3 nitrogen and oxygen atoms in total. The van der Waals surface area contributed by atoms with Crippen LogP contribution in [0, 0.1) is 0 Å². The normalized spacial score (nSPS) is 12.1. The third-order valence-corrected chi connectivity index (χ3v) is 10.3. The van der Waals surface area contributed by atoms with E-state index in [-0.39, 0.29) is 0 Å². The Bertz CT molecular complexity index is 3100. The van der Waals surface area contributed by atoms with Crippen LogP contribution >= 0.6 is 0 Å². The summed E-state index contributed by atoms with van der Waals surface area (Å²) in [6.45, 7) is 0. The van der Waals surface area contributed by atoms with Gasteiger partial charge in [0, 0.05) is 43.7 Å². The number of hydrogen-bond acceptors (Lipinski definition) is 1. The molecule has 0 unspecified atom stereocenters. The van der Waals surface area contributed by atoms with E-state index in [1.165, 1.54) is 71.2 Å². The molecule has 0 bridgehead atoms. The predicted octanol–water partition coefficient (Wildman–Crippen LogP) is 12.6. The van der Waals surface area contributed by atoms with Crippen molar-refractivity contribution in [3.63, 3.8) is 0 Å². The summed E-state index contributed by atoms with van der Waals surface area (Å²) in [6, 6.07) is 61.5. The van der Waals surface area contributed by atoms with Gasteiger partial charge in [0.05, 0.1) is 22.1 Å². The molecule has 0 radical (unpaired) electrons. The van der Waals surface area contributed by atoms with E-state index in [0.29, 0.717) is 0 Å². The zero-order valence-electron chi connectivity index (χ0n) is 26.5. The first kappa shape index (κ1) is 26.5. The van der Waals surface area contributed by atoms with E-state index in [1.54, 1.807) is 0 Å². The first-order valence-corrected chi connectivity index (χ1v) is 16.8. The van der Waals surface area contributed by atoms with Crippen molar-refractivity contribution in [3.8, 4) is 22.5 Å². The number of benzene rings is 8. The monoisotopic (exact) mass is 624 g/mol. The standard InChI is InChI=1S/C46H28N2O/c1-2-12-33(13-3-1)47-43-22-19-32(26-38(43)39-24-29-10-4-5-11-30(29)27-44(39)47)31-18-21-42-37(25-31)35-14-6-8-16-41(35)48(42)34-20-23-46-40(28-34)36-15-7-9-17-45(36)49-46/h1-28H. The minimum Gasteiger partial charge on any atom is -0.456 e. The molecule has 0 saturated heterocycles. The van der Waals surface area contributed by atoms with Gasteiger partial charge in [-0.25, -0.2) is 0 Å². The summed E-state index contributed by atoms with van der Waals surface area (Å²) < 4.78 is 10.9. The molecule has 0 aliphatic carbocycles. The summed E-state index contributed by atoms with van der Waals surface area (Å²) >= 11 is 0. The predicted molar refractivity (Wildman–Crippen MR) is 205 cm³/mol. The summed E-state index contributed by atoms with van der Waals surface area (Å²) in [5, 5.41) is 9.77. The maximum Gasteiger partial charge on any atom is 0.135 e. The highest BCUT2D eigenvalue weighted by Gasteiger charge is 2.17. The molecule has 11 rings (SSSR count). The highest BCUT2D eigenvalue weighted by Crippen LogP contribution is 2.40. The van der Waals surface area contributed by atoms with Crippen LogP contribution in [0.25, 0.3) is 98.8 Å². The lowest BCUT2D eigenvalue weighted by atomic mass is 10.00. The molecule has 0 fully saturated rings. The third-order valence-electron chi connectivity index (χ3n) is 10.3. The van der Waals surface area contributed by atoms with Crippen LogP contribution in [-0.4, -0.2) is 9.13 Å². The van der Waals surface area contributed by atoms with Crippen molar-refractivity contribution in [2.75, 3.05) is 0 Å². The fourth-order valence-electron chi connectivity index (χ4n) is 8.02. The number of furan rings is 1. The second-order valence-electron chi connectivity index (χ2n) is 13.0. The van der Waals surface area contributed by atoms with E-state index in [0.717, 1.165) is 27.6 Å². The van der Waals surface area contributed by atoms with Gasteiger partial charge in [-0.05, 0) is 101 Å². The first-order valence-electron chi connectivity index (χ1n) is 16.8. The fourth-order valence-corrected chi connectivity index (χ4v) is 8.02. The van der Waals surface area contributed by atoms with Crippen LogP contribution in [0.5, 0.6) is 0 Å². The zero-order valence-corrected chi connectivity index (χ0v) is 26.5. The van der Waals surface area contributed by atoms with Gasteiger partial charge in [0.15, 0.2) is 0 Å². The van der Waals surface area contributed by atoms with Crippen LogP contribution in [-0.2, 0) is 0 Å². The average molecular weight is 625 g/mol. The Kier molecular flexibility index (Phi) is 5.38. The van der Waals surface area contributed by atoms with Crippen LogP contribution in [0.1, 0.15) is 0 Å². The third kappa shape index (κ3) is 3.84. The molecule has 0 saturated carbocycles. The summed E-state index contributed by atoms with van der Waals surface area (Å²) in [4.78, 5) is 0. The Hall–Kier alpha value is -6.58. The van der Waals surface area contributed by atoms with Gasteiger partial charge in [-0.1, -0.05) is 91.0 Å².